The van der Waals surface area contributed by atoms with E-state index in [0.717, 1.165) is 0 Å². The number of nitrogens with two attached hydrogens (primary N) is 1. The van der Waals surface area contributed by atoms with E-state index >= 15 is 0 Å². The summed E-state index contributed by atoms with van der Waals surface area (Å²) in [6.45, 7) is 3.79. The van der Waals surface area contributed by atoms with Gasteiger partial charge in [-0.3, -0.25) is 4.68 Å². The molecule has 13 heavy (non-hydrogen) atoms. The van der Waals surface area contributed by atoms with Gasteiger partial charge in [-0.1, -0.05) is 0 Å². The van der Waals surface area contributed by atoms with E-state index in [9.17, 15) is 8.42 Å². The number of hydrogen-bond donors (Lipinski definition) is 1. The molecule has 7 heteroatoms. The predicted octanol–water partition coefficient (Wildman–Crippen LogP) is 0.874. The van der Waals surface area contributed by atoms with E-state index in [2.05, 4.69) is 21.0 Å². The summed E-state index contributed by atoms with van der Waals surface area (Å²) in [6.07, 6.45) is 1.24. The van der Waals surface area contributed by atoms with Gasteiger partial charge in [0.05, 0.1) is 6.20 Å². The van der Waals surface area contributed by atoms with Crippen LogP contribution in [-0.2, 0) is 10.0 Å². The summed E-state index contributed by atoms with van der Waals surface area (Å²) in [7, 11) is -3.68. The molecule has 0 radical (unpaired) electrons. The van der Waals surface area contributed by atoms with E-state index in [4.69, 9.17) is 5.14 Å². The van der Waals surface area contributed by atoms with Crippen LogP contribution in [0.3, 0.4) is 0 Å². The standard InChI is InChI=1S/C6H10BrN3O2S/c1-4(2)10-6(7)5(3-9-10)13(8,11)12/h3-4H,1-2H3,(H2,8,11,12). The SMILES string of the molecule is CC(C)n1ncc(S(N)(=O)=O)c1Br. The molecule has 0 aliphatic rings. The van der Waals surface area contributed by atoms with Gasteiger partial charge in [-0.15, -0.1) is 0 Å². The third-order valence-corrected chi connectivity index (χ3v) is 3.46. The number of hydrogen-bond acceptors (Lipinski definition) is 3. The van der Waals surface area contributed by atoms with Crippen LogP contribution >= 0.6 is 15.9 Å². The molecule has 0 spiro atoms. The van der Waals surface area contributed by atoms with Crippen LogP contribution < -0.4 is 5.14 Å². The summed E-state index contributed by atoms with van der Waals surface area (Å²) in [5.41, 5.74) is 0. The van der Waals surface area contributed by atoms with Crippen molar-refractivity contribution in [2.75, 3.05) is 0 Å². The van der Waals surface area contributed by atoms with Gasteiger partial charge in [-0.25, -0.2) is 13.6 Å². The first-order valence-electron chi connectivity index (χ1n) is 3.60. The van der Waals surface area contributed by atoms with Crippen LogP contribution in [0.5, 0.6) is 0 Å². The summed E-state index contributed by atoms with van der Waals surface area (Å²) in [5, 5.41) is 8.85. The number of halogens is 1. The monoisotopic (exact) mass is 267 g/mol. The van der Waals surface area contributed by atoms with E-state index in [0.29, 0.717) is 4.60 Å². The van der Waals surface area contributed by atoms with Gasteiger partial charge in [0, 0.05) is 6.04 Å². The summed E-state index contributed by atoms with van der Waals surface area (Å²) < 4.78 is 23.9. The van der Waals surface area contributed by atoms with E-state index in [1.807, 2.05) is 13.8 Å². The van der Waals surface area contributed by atoms with Crippen molar-refractivity contribution in [3.8, 4) is 0 Å². The molecule has 0 amide bonds. The van der Waals surface area contributed by atoms with Gasteiger partial charge in [0.15, 0.2) is 0 Å². The maximum Gasteiger partial charge on any atom is 0.242 e. The zero-order valence-electron chi connectivity index (χ0n) is 7.23. The molecule has 1 aromatic rings. The van der Waals surface area contributed by atoms with E-state index in [1.165, 1.54) is 6.20 Å². The van der Waals surface area contributed by atoms with Gasteiger partial charge < -0.3 is 0 Å². The van der Waals surface area contributed by atoms with E-state index < -0.39 is 10.0 Å². The molecule has 2 N–H and O–H groups in total. The lowest BCUT2D eigenvalue weighted by molar-refractivity contribution is 0.520. The van der Waals surface area contributed by atoms with Crippen LogP contribution in [0.25, 0.3) is 0 Å². The highest BCUT2D eigenvalue weighted by atomic mass is 79.9. The summed E-state index contributed by atoms with van der Waals surface area (Å²) in [4.78, 5) is 0.0150. The summed E-state index contributed by atoms with van der Waals surface area (Å²) in [6, 6.07) is 0.0878. The molecule has 74 valence electrons. The van der Waals surface area contributed by atoms with Crippen LogP contribution in [0, 0.1) is 0 Å². The first kappa shape index (κ1) is 10.7. The highest BCUT2D eigenvalue weighted by Gasteiger charge is 2.18. The van der Waals surface area contributed by atoms with Crippen molar-refractivity contribution in [2.24, 2.45) is 5.14 Å². The fraction of sp³-hybridized carbons (Fsp3) is 0.500. The third kappa shape index (κ3) is 2.09. The zero-order valence-corrected chi connectivity index (χ0v) is 9.63. The molecule has 0 saturated carbocycles. The third-order valence-electron chi connectivity index (χ3n) is 1.50. The molecular weight excluding hydrogens is 258 g/mol. The highest BCUT2D eigenvalue weighted by molar-refractivity contribution is 9.10. The van der Waals surface area contributed by atoms with Gasteiger partial charge >= 0.3 is 0 Å². The van der Waals surface area contributed by atoms with Gasteiger partial charge in [-0.05, 0) is 29.8 Å². The van der Waals surface area contributed by atoms with Crippen LogP contribution in [0.1, 0.15) is 19.9 Å². The largest absolute Gasteiger partial charge is 0.255 e. The topological polar surface area (TPSA) is 78.0 Å². The van der Waals surface area contributed by atoms with Crippen molar-refractivity contribution in [3.63, 3.8) is 0 Å². The van der Waals surface area contributed by atoms with Crippen LogP contribution in [0.2, 0.25) is 0 Å². The lowest BCUT2D eigenvalue weighted by Crippen LogP contribution is -2.12. The number of rotatable bonds is 2. The Morgan fingerprint density at radius 1 is 1.62 bits per heavy atom. The lowest BCUT2D eigenvalue weighted by Gasteiger charge is -2.06. The van der Waals surface area contributed by atoms with Crippen molar-refractivity contribution < 1.29 is 8.42 Å². The molecule has 1 aromatic heterocycles. The minimum atomic E-state index is -3.68. The van der Waals surface area contributed by atoms with Crippen molar-refractivity contribution in [2.45, 2.75) is 24.8 Å². The Morgan fingerprint density at radius 3 is 2.38 bits per heavy atom. The van der Waals surface area contributed by atoms with Crippen molar-refractivity contribution >= 4 is 26.0 Å². The van der Waals surface area contributed by atoms with Crippen molar-refractivity contribution in [1.82, 2.24) is 9.78 Å². The predicted molar refractivity (Wildman–Crippen MR) is 51.7 cm³/mol. The molecule has 0 unspecified atom stereocenters. The molecule has 0 saturated heterocycles. The van der Waals surface area contributed by atoms with Crippen molar-refractivity contribution in [1.29, 1.82) is 0 Å². The minimum Gasteiger partial charge on any atom is -0.255 e. The molecule has 1 rings (SSSR count). The van der Waals surface area contributed by atoms with Gasteiger partial charge in [0.25, 0.3) is 0 Å². The molecule has 0 fully saturated rings. The Balaban J connectivity index is 3.30. The summed E-state index contributed by atoms with van der Waals surface area (Å²) >= 11 is 3.13. The Labute approximate surface area is 85.1 Å². The molecule has 0 aromatic carbocycles. The molecular formula is C6H10BrN3O2S. The maximum absolute atomic E-state index is 11.0. The normalized spacial score (nSPS) is 12.4. The van der Waals surface area contributed by atoms with Crippen LogP contribution in [-0.4, -0.2) is 18.2 Å². The Morgan fingerprint density at radius 2 is 2.15 bits per heavy atom. The van der Waals surface area contributed by atoms with Gasteiger partial charge in [0.1, 0.15) is 9.50 Å². The van der Waals surface area contributed by atoms with Gasteiger partial charge in [-0.2, -0.15) is 5.10 Å². The number of sulfonamides is 1. The second-order valence-electron chi connectivity index (χ2n) is 2.88. The maximum atomic E-state index is 11.0. The Bertz CT molecular complexity index is 410. The molecule has 0 bridgehead atoms. The highest BCUT2D eigenvalue weighted by Crippen LogP contribution is 2.22. The second kappa shape index (κ2) is 3.39. The van der Waals surface area contributed by atoms with Crippen LogP contribution in [0.15, 0.2) is 15.7 Å². The van der Waals surface area contributed by atoms with E-state index in [1.54, 1.807) is 4.68 Å². The summed E-state index contributed by atoms with van der Waals surface area (Å²) in [5.74, 6) is 0. The Kier molecular flexibility index (Phi) is 2.79. The molecule has 1 heterocycles. The fourth-order valence-electron chi connectivity index (χ4n) is 0.882. The lowest BCUT2D eigenvalue weighted by atomic mass is 10.4. The smallest absolute Gasteiger partial charge is 0.242 e. The number of nitrogens with zero attached hydrogens (tertiary/aromatic N) is 2. The average molecular weight is 268 g/mol. The Hall–Kier alpha value is -0.400. The zero-order chi connectivity index (χ0) is 10.2. The van der Waals surface area contributed by atoms with E-state index in [-0.39, 0.29) is 10.9 Å². The van der Waals surface area contributed by atoms with Gasteiger partial charge in [0.2, 0.25) is 10.0 Å². The second-order valence-corrected chi connectivity index (χ2v) is 5.16. The quantitative estimate of drug-likeness (QED) is 0.864. The number of primary sulfonamides is 1. The van der Waals surface area contributed by atoms with Crippen molar-refractivity contribution in [3.05, 3.63) is 10.8 Å². The molecule has 0 atom stereocenters. The number of aromatic nitrogens is 2. The fourth-order valence-corrected chi connectivity index (χ4v) is 2.69. The van der Waals surface area contributed by atoms with Crippen LogP contribution in [0.4, 0.5) is 0 Å². The first-order chi connectivity index (χ1) is 5.84. The first-order valence-corrected chi connectivity index (χ1v) is 5.93. The minimum absolute atomic E-state index is 0.0150. The molecule has 0 aliphatic carbocycles. The molecule has 5 nitrogen and oxygen atoms in total. The average Bonchev–Trinajstić information content (AvgIpc) is 2.28. The molecule has 0 aliphatic heterocycles.